The quantitative estimate of drug-likeness (QED) is 0.808. The monoisotopic (exact) mass is 255 g/mol. The molecule has 2 atom stereocenters. The molecule has 1 aromatic rings. The molecule has 0 aliphatic heterocycles. The summed E-state index contributed by atoms with van der Waals surface area (Å²) in [5.74, 6) is 0.549. The predicted octanol–water partition coefficient (Wildman–Crippen LogP) is 3.14. The van der Waals surface area contributed by atoms with E-state index in [4.69, 9.17) is 16.3 Å². The fraction of sp³-hybridized carbons (Fsp3) is 0.571. The third-order valence-corrected chi connectivity index (χ3v) is 2.97. The van der Waals surface area contributed by atoms with Crippen LogP contribution in [0.4, 0.5) is 0 Å². The Balaban J connectivity index is 2.29. The maximum atomic E-state index is 5.86. The van der Waals surface area contributed by atoms with Crippen LogP contribution in [0.2, 0.25) is 5.02 Å². The van der Waals surface area contributed by atoms with Crippen LogP contribution >= 0.6 is 11.6 Å². The molecule has 17 heavy (non-hydrogen) atoms. The number of hydrogen-bond acceptors (Lipinski definition) is 2. The summed E-state index contributed by atoms with van der Waals surface area (Å²) in [4.78, 5) is 0. The van der Waals surface area contributed by atoms with Crippen molar-refractivity contribution in [1.82, 2.24) is 5.32 Å². The molecule has 0 aliphatic carbocycles. The lowest BCUT2D eigenvalue weighted by atomic mass is 10.1. The molecule has 0 radical (unpaired) electrons. The fourth-order valence-electron chi connectivity index (χ4n) is 1.79. The molecule has 0 bridgehead atoms. The molecule has 0 heterocycles. The Labute approximate surface area is 109 Å². The number of halogens is 1. The molecular formula is C14H22ClNO. The van der Waals surface area contributed by atoms with Crippen LogP contribution in [0.3, 0.4) is 0 Å². The number of rotatable bonds is 7. The van der Waals surface area contributed by atoms with E-state index >= 15 is 0 Å². The molecule has 0 saturated carbocycles. The van der Waals surface area contributed by atoms with E-state index in [1.807, 2.05) is 12.1 Å². The van der Waals surface area contributed by atoms with Crippen LogP contribution in [0.1, 0.15) is 19.4 Å². The summed E-state index contributed by atoms with van der Waals surface area (Å²) in [6, 6.07) is 8.52. The summed E-state index contributed by atoms with van der Waals surface area (Å²) in [6.07, 6.45) is 1.02. The smallest absolute Gasteiger partial charge is 0.0499 e. The standard InChI is InChI=1S/C14H22ClNO/c1-11(10-17-3)9-16-12(2)8-13-4-6-14(15)7-5-13/h4-7,11-12,16H,8-10H2,1-3H3. The van der Waals surface area contributed by atoms with Gasteiger partial charge in [-0.1, -0.05) is 30.7 Å². The summed E-state index contributed by atoms with van der Waals surface area (Å²) in [6.45, 7) is 6.18. The van der Waals surface area contributed by atoms with E-state index < -0.39 is 0 Å². The highest BCUT2D eigenvalue weighted by Crippen LogP contribution is 2.11. The Morgan fingerprint density at radius 2 is 1.88 bits per heavy atom. The molecule has 3 heteroatoms. The Hall–Kier alpha value is -0.570. The zero-order valence-electron chi connectivity index (χ0n) is 10.9. The van der Waals surface area contributed by atoms with Gasteiger partial charge in [-0.15, -0.1) is 0 Å². The van der Waals surface area contributed by atoms with Crippen LogP contribution in [-0.2, 0) is 11.2 Å². The molecule has 0 amide bonds. The second-order valence-corrected chi connectivity index (χ2v) is 5.14. The van der Waals surface area contributed by atoms with Gasteiger partial charge in [0.1, 0.15) is 0 Å². The number of nitrogens with one attached hydrogen (secondary N) is 1. The minimum atomic E-state index is 0.468. The van der Waals surface area contributed by atoms with Crippen molar-refractivity contribution in [3.8, 4) is 0 Å². The van der Waals surface area contributed by atoms with Crippen LogP contribution in [0.25, 0.3) is 0 Å². The number of hydrogen-bond donors (Lipinski definition) is 1. The second kappa shape index (κ2) is 7.70. The fourth-order valence-corrected chi connectivity index (χ4v) is 1.92. The van der Waals surface area contributed by atoms with Crippen molar-refractivity contribution in [2.75, 3.05) is 20.3 Å². The third-order valence-electron chi connectivity index (χ3n) is 2.72. The summed E-state index contributed by atoms with van der Waals surface area (Å²) in [5, 5.41) is 4.31. The lowest BCUT2D eigenvalue weighted by molar-refractivity contribution is 0.157. The van der Waals surface area contributed by atoms with Crippen LogP contribution in [-0.4, -0.2) is 26.3 Å². The molecule has 0 fully saturated rings. The first-order chi connectivity index (χ1) is 8.11. The molecule has 0 saturated heterocycles. The molecule has 0 spiro atoms. The first-order valence-corrected chi connectivity index (χ1v) is 6.46. The van der Waals surface area contributed by atoms with Crippen molar-refractivity contribution in [2.45, 2.75) is 26.3 Å². The van der Waals surface area contributed by atoms with Gasteiger partial charge in [-0.3, -0.25) is 0 Å². The van der Waals surface area contributed by atoms with Crippen LogP contribution in [0.5, 0.6) is 0 Å². The van der Waals surface area contributed by atoms with Crippen molar-refractivity contribution < 1.29 is 4.74 Å². The van der Waals surface area contributed by atoms with Gasteiger partial charge in [0.15, 0.2) is 0 Å². The van der Waals surface area contributed by atoms with Gasteiger partial charge in [0, 0.05) is 31.3 Å². The molecule has 1 aromatic carbocycles. The summed E-state index contributed by atoms with van der Waals surface area (Å²) in [5.41, 5.74) is 1.31. The van der Waals surface area contributed by atoms with Gasteiger partial charge in [0.25, 0.3) is 0 Å². The van der Waals surface area contributed by atoms with Gasteiger partial charge < -0.3 is 10.1 Å². The Bertz CT molecular complexity index is 313. The van der Waals surface area contributed by atoms with E-state index in [0.717, 1.165) is 24.6 Å². The SMILES string of the molecule is COCC(C)CNC(C)Cc1ccc(Cl)cc1. The summed E-state index contributed by atoms with van der Waals surface area (Å²) >= 11 is 5.86. The van der Waals surface area contributed by atoms with Gasteiger partial charge in [-0.2, -0.15) is 0 Å². The molecule has 0 aliphatic rings. The topological polar surface area (TPSA) is 21.3 Å². The number of methoxy groups -OCH3 is 1. The second-order valence-electron chi connectivity index (χ2n) is 4.70. The minimum Gasteiger partial charge on any atom is -0.384 e. The molecule has 2 unspecified atom stereocenters. The van der Waals surface area contributed by atoms with Crippen molar-refractivity contribution >= 4 is 11.6 Å². The molecule has 96 valence electrons. The van der Waals surface area contributed by atoms with E-state index in [9.17, 15) is 0 Å². The lowest BCUT2D eigenvalue weighted by Gasteiger charge is -2.17. The average molecular weight is 256 g/mol. The van der Waals surface area contributed by atoms with Gasteiger partial charge in [-0.25, -0.2) is 0 Å². The highest BCUT2D eigenvalue weighted by Gasteiger charge is 2.06. The summed E-state index contributed by atoms with van der Waals surface area (Å²) < 4.78 is 5.11. The zero-order chi connectivity index (χ0) is 12.7. The van der Waals surface area contributed by atoms with Crippen LogP contribution < -0.4 is 5.32 Å². The number of ether oxygens (including phenoxy) is 1. The van der Waals surface area contributed by atoms with E-state index in [1.165, 1.54) is 5.56 Å². The van der Waals surface area contributed by atoms with Crippen molar-refractivity contribution in [2.24, 2.45) is 5.92 Å². The Morgan fingerprint density at radius 3 is 2.47 bits per heavy atom. The lowest BCUT2D eigenvalue weighted by Crippen LogP contribution is -2.33. The average Bonchev–Trinajstić information content (AvgIpc) is 2.30. The van der Waals surface area contributed by atoms with Crippen LogP contribution in [0.15, 0.2) is 24.3 Å². The maximum Gasteiger partial charge on any atom is 0.0499 e. The number of benzene rings is 1. The highest BCUT2D eigenvalue weighted by molar-refractivity contribution is 6.30. The first kappa shape index (κ1) is 14.5. The van der Waals surface area contributed by atoms with Crippen molar-refractivity contribution in [3.05, 3.63) is 34.9 Å². The van der Waals surface area contributed by atoms with Gasteiger partial charge in [0.05, 0.1) is 0 Å². The van der Waals surface area contributed by atoms with Crippen LogP contribution in [0, 0.1) is 5.92 Å². The molecular weight excluding hydrogens is 234 g/mol. The van der Waals surface area contributed by atoms with Crippen molar-refractivity contribution in [3.63, 3.8) is 0 Å². The van der Waals surface area contributed by atoms with E-state index in [0.29, 0.717) is 12.0 Å². The Kier molecular flexibility index (Phi) is 6.56. The van der Waals surface area contributed by atoms with Gasteiger partial charge in [0.2, 0.25) is 0 Å². The van der Waals surface area contributed by atoms with Gasteiger partial charge in [-0.05, 0) is 37.0 Å². The van der Waals surface area contributed by atoms with E-state index in [-0.39, 0.29) is 0 Å². The minimum absolute atomic E-state index is 0.468. The molecule has 0 aromatic heterocycles. The van der Waals surface area contributed by atoms with Gasteiger partial charge >= 0.3 is 0 Å². The third kappa shape index (κ3) is 6.06. The molecule has 1 rings (SSSR count). The largest absolute Gasteiger partial charge is 0.384 e. The molecule has 2 nitrogen and oxygen atoms in total. The first-order valence-electron chi connectivity index (χ1n) is 6.08. The normalized spacial score (nSPS) is 14.6. The van der Waals surface area contributed by atoms with E-state index in [1.54, 1.807) is 7.11 Å². The predicted molar refractivity (Wildman–Crippen MR) is 73.7 cm³/mol. The summed E-state index contributed by atoms with van der Waals surface area (Å²) in [7, 11) is 1.74. The Morgan fingerprint density at radius 1 is 1.24 bits per heavy atom. The zero-order valence-corrected chi connectivity index (χ0v) is 11.6. The van der Waals surface area contributed by atoms with E-state index in [2.05, 4.69) is 31.3 Å². The van der Waals surface area contributed by atoms with Crippen molar-refractivity contribution in [1.29, 1.82) is 0 Å². The highest BCUT2D eigenvalue weighted by atomic mass is 35.5. The molecule has 1 N–H and O–H groups in total. The maximum absolute atomic E-state index is 5.86.